The van der Waals surface area contributed by atoms with E-state index < -0.39 is 0 Å². The van der Waals surface area contributed by atoms with Gasteiger partial charge in [0.1, 0.15) is 0 Å². The fourth-order valence-electron chi connectivity index (χ4n) is 2.87. The second-order valence-corrected chi connectivity index (χ2v) is 7.29. The molecular formula is C17H19ClN2O2S. The van der Waals surface area contributed by atoms with Gasteiger partial charge in [0.2, 0.25) is 0 Å². The molecule has 1 aliphatic carbocycles. The summed E-state index contributed by atoms with van der Waals surface area (Å²) in [6.45, 7) is 0.299. The van der Waals surface area contributed by atoms with Crippen molar-refractivity contribution < 1.29 is 9.59 Å². The highest BCUT2D eigenvalue weighted by Gasteiger charge is 2.35. The Morgan fingerprint density at radius 3 is 2.57 bits per heavy atom. The highest BCUT2D eigenvalue weighted by atomic mass is 35.5. The van der Waals surface area contributed by atoms with Crippen molar-refractivity contribution in [3.8, 4) is 0 Å². The second-order valence-electron chi connectivity index (χ2n) is 5.86. The van der Waals surface area contributed by atoms with Gasteiger partial charge in [0.25, 0.3) is 11.1 Å². The number of thioether (sulfide) groups is 1. The van der Waals surface area contributed by atoms with Gasteiger partial charge in [-0.1, -0.05) is 43.0 Å². The average Bonchev–Trinajstić information content (AvgIpc) is 2.82. The summed E-state index contributed by atoms with van der Waals surface area (Å²) >= 11 is 6.85. The smallest absolute Gasteiger partial charge is 0.294 e. The lowest BCUT2D eigenvalue weighted by Gasteiger charge is -2.24. The van der Waals surface area contributed by atoms with Crippen LogP contribution in [0.25, 0.3) is 6.08 Å². The molecule has 1 aliphatic heterocycles. The molecule has 0 atom stereocenters. The molecule has 0 radical (unpaired) electrons. The van der Waals surface area contributed by atoms with Crippen molar-refractivity contribution >= 4 is 40.6 Å². The molecule has 0 spiro atoms. The van der Waals surface area contributed by atoms with Gasteiger partial charge in [-0.05, 0) is 48.4 Å². The first-order chi connectivity index (χ1) is 11.1. The van der Waals surface area contributed by atoms with Crippen LogP contribution >= 0.6 is 23.4 Å². The van der Waals surface area contributed by atoms with Crippen molar-refractivity contribution in [1.29, 1.82) is 0 Å². The van der Waals surface area contributed by atoms with E-state index in [0.717, 1.165) is 30.2 Å². The summed E-state index contributed by atoms with van der Waals surface area (Å²) in [5.74, 6) is -0.224. The monoisotopic (exact) mass is 350 g/mol. The SMILES string of the molecule is O=C1SC(=Cc2ccc(Cl)cc2)C(=O)N1CNC1CCCCC1. The van der Waals surface area contributed by atoms with Crippen LogP contribution < -0.4 is 5.32 Å². The number of rotatable bonds is 4. The number of benzene rings is 1. The Balaban J connectivity index is 1.63. The summed E-state index contributed by atoms with van der Waals surface area (Å²) in [7, 11) is 0. The van der Waals surface area contributed by atoms with Crippen molar-refractivity contribution in [2.75, 3.05) is 6.67 Å². The summed E-state index contributed by atoms with van der Waals surface area (Å²) in [6, 6.07) is 7.61. The normalized spacial score (nSPS) is 21.4. The molecule has 0 aromatic heterocycles. The van der Waals surface area contributed by atoms with Crippen LogP contribution in [0.2, 0.25) is 5.02 Å². The standard InChI is InChI=1S/C17H19ClN2O2S/c18-13-8-6-12(7-9-13)10-15-16(21)20(17(22)23-15)11-19-14-4-2-1-3-5-14/h6-10,14,19H,1-5,11H2. The first-order valence-electron chi connectivity index (χ1n) is 7.88. The zero-order valence-electron chi connectivity index (χ0n) is 12.8. The molecule has 4 nitrogen and oxygen atoms in total. The number of hydrogen-bond donors (Lipinski definition) is 1. The lowest BCUT2D eigenvalue weighted by Crippen LogP contribution is -2.42. The van der Waals surface area contributed by atoms with E-state index in [4.69, 9.17) is 11.6 Å². The molecule has 2 amide bonds. The number of imide groups is 1. The molecule has 6 heteroatoms. The fourth-order valence-corrected chi connectivity index (χ4v) is 3.84. The Labute approximate surface area is 145 Å². The van der Waals surface area contributed by atoms with E-state index in [9.17, 15) is 9.59 Å². The van der Waals surface area contributed by atoms with Crippen molar-refractivity contribution in [3.63, 3.8) is 0 Å². The van der Waals surface area contributed by atoms with Crippen LogP contribution in [0.1, 0.15) is 37.7 Å². The number of amides is 2. The van der Waals surface area contributed by atoms with Crippen molar-refractivity contribution in [2.24, 2.45) is 0 Å². The maximum Gasteiger partial charge on any atom is 0.294 e. The van der Waals surface area contributed by atoms with Crippen LogP contribution in [-0.2, 0) is 4.79 Å². The van der Waals surface area contributed by atoms with Gasteiger partial charge < -0.3 is 0 Å². The summed E-state index contributed by atoms with van der Waals surface area (Å²) in [4.78, 5) is 26.2. The van der Waals surface area contributed by atoms with Gasteiger partial charge in [-0.2, -0.15) is 0 Å². The third kappa shape index (κ3) is 4.16. The lowest BCUT2D eigenvalue weighted by molar-refractivity contribution is -0.123. The van der Waals surface area contributed by atoms with Crippen molar-refractivity contribution in [2.45, 2.75) is 38.1 Å². The van der Waals surface area contributed by atoms with E-state index >= 15 is 0 Å². The highest BCUT2D eigenvalue weighted by Crippen LogP contribution is 2.32. The van der Waals surface area contributed by atoms with Gasteiger partial charge in [0.05, 0.1) is 11.6 Å². The molecule has 0 unspecified atom stereocenters. The maximum atomic E-state index is 12.4. The number of hydrogen-bond acceptors (Lipinski definition) is 4. The molecule has 122 valence electrons. The Hall–Kier alpha value is -1.30. The average molecular weight is 351 g/mol. The van der Waals surface area contributed by atoms with E-state index in [-0.39, 0.29) is 11.1 Å². The molecule has 1 N–H and O–H groups in total. The Morgan fingerprint density at radius 1 is 1.17 bits per heavy atom. The van der Waals surface area contributed by atoms with Gasteiger partial charge in [0.15, 0.2) is 0 Å². The van der Waals surface area contributed by atoms with Gasteiger partial charge in [-0.15, -0.1) is 0 Å². The summed E-state index contributed by atoms with van der Waals surface area (Å²) in [5, 5.41) is 3.78. The predicted molar refractivity (Wildman–Crippen MR) is 94.1 cm³/mol. The summed E-state index contributed by atoms with van der Waals surface area (Å²) in [5.41, 5.74) is 0.861. The van der Waals surface area contributed by atoms with Gasteiger partial charge >= 0.3 is 0 Å². The minimum Gasteiger partial charge on any atom is -0.297 e. The van der Waals surface area contributed by atoms with Gasteiger partial charge in [-0.25, -0.2) is 0 Å². The molecular weight excluding hydrogens is 332 g/mol. The molecule has 1 saturated carbocycles. The molecule has 2 fully saturated rings. The van der Waals surface area contributed by atoms with Crippen LogP contribution in [0.3, 0.4) is 0 Å². The molecule has 23 heavy (non-hydrogen) atoms. The van der Waals surface area contributed by atoms with Crippen LogP contribution in [0.5, 0.6) is 0 Å². The Bertz CT molecular complexity index is 624. The molecule has 3 rings (SSSR count). The predicted octanol–water partition coefficient (Wildman–Crippen LogP) is 4.26. The zero-order valence-corrected chi connectivity index (χ0v) is 14.3. The molecule has 1 heterocycles. The minimum atomic E-state index is -0.224. The Kier molecular flexibility index (Phi) is 5.41. The third-order valence-corrected chi connectivity index (χ3v) is 5.34. The lowest BCUT2D eigenvalue weighted by atomic mass is 9.96. The van der Waals surface area contributed by atoms with Gasteiger partial charge in [0, 0.05) is 11.1 Å². The van der Waals surface area contributed by atoms with Crippen LogP contribution in [0.15, 0.2) is 29.2 Å². The summed E-state index contributed by atoms with van der Waals surface area (Å²) < 4.78 is 0. The molecule has 1 aromatic rings. The first kappa shape index (κ1) is 16.6. The molecule has 2 aliphatic rings. The van der Waals surface area contributed by atoms with Crippen LogP contribution in [-0.4, -0.2) is 28.8 Å². The number of carbonyl (C=O) groups is 2. The quantitative estimate of drug-likeness (QED) is 0.824. The highest BCUT2D eigenvalue weighted by molar-refractivity contribution is 8.18. The van der Waals surface area contributed by atoms with Crippen LogP contribution in [0.4, 0.5) is 4.79 Å². The van der Waals surface area contributed by atoms with E-state index in [0.29, 0.717) is 22.6 Å². The topological polar surface area (TPSA) is 49.4 Å². The number of nitrogens with zero attached hydrogens (tertiary/aromatic N) is 1. The largest absolute Gasteiger partial charge is 0.297 e. The Morgan fingerprint density at radius 2 is 1.87 bits per heavy atom. The molecule has 1 aromatic carbocycles. The number of carbonyl (C=O) groups excluding carboxylic acids is 2. The fraction of sp³-hybridized carbons (Fsp3) is 0.412. The van der Waals surface area contributed by atoms with E-state index in [2.05, 4.69) is 5.32 Å². The van der Waals surface area contributed by atoms with E-state index in [1.54, 1.807) is 18.2 Å². The van der Waals surface area contributed by atoms with E-state index in [1.807, 2.05) is 12.1 Å². The minimum absolute atomic E-state index is 0.210. The first-order valence-corrected chi connectivity index (χ1v) is 9.07. The third-order valence-electron chi connectivity index (χ3n) is 4.18. The maximum absolute atomic E-state index is 12.4. The molecule has 0 bridgehead atoms. The molecule has 1 saturated heterocycles. The van der Waals surface area contributed by atoms with Crippen molar-refractivity contribution in [1.82, 2.24) is 10.2 Å². The number of halogens is 1. The van der Waals surface area contributed by atoms with E-state index in [1.165, 1.54) is 24.2 Å². The number of nitrogens with one attached hydrogen (secondary N) is 1. The summed E-state index contributed by atoms with van der Waals surface area (Å²) in [6.07, 6.45) is 7.70. The van der Waals surface area contributed by atoms with Gasteiger partial charge in [-0.3, -0.25) is 19.8 Å². The second kappa shape index (κ2) is 7.51. The zero-order chi connectivity index (χ0) is 16.2. The van der Waals surface area contributed by atoms with Crippen molar-refractivity contribution in [3.05, 3.63) is 39.8 Å². The van der Waals surface area contributed by atoms with Crippen LogP contribution in [0, 0.1) is 0 Å².